The van der Waals surface area contributed by atoms with Crippen LogP contribution in [0.5, 0.6) is 5.75 Å². The fourth-order valence-corrected chi connectivity index (χ4v) is 2.44. The van der Waals surface area contributed by atoms with Gasteiger partial charge >= 0.3 is 0 Å². The predicted molar refractivity (Wildman–Crippen MR) is 91.2 cm³/mol. The summed E-state index contributed by atoms with van der Waals surface area (Å²) in [5.41, 5.74) is -0.0591. The van der Waals surface area contributed by atoms with Crippen molar-refractivity contribution >= 4 is 12.1 Å². The maximum absolute atomic E-state index is 14.4. The van der Waals surface area contributed by atoms with Gasteiger partial charge in [0.1, 0.15) is 17.5 Å². The van der Waals surface area contributed by atoms with E-state index in [-0.39, 0.29) is 23.6 Å². The molecule has 6 nitrogen and oxygen atoms in total. The fourth-order valence-electron chi connectivity index (χ4n) is 2.44. The molecule has 1 aromatic rings. The Bertz CT molecular complexity index is 665. The molecule has 2 N–H and O–H groups in total. The van der Waals surface area contributed by atoms with Crippen LogP contribution in [0.2, 0.25) is 0 Å². The monoisotopic (exact) mass is 355 g/mol. The van der Waals surface area contributed by atoms with E-state index in [9.17, 15) is 18.8 Å². The summed E-state index contributed by atoms with van der Waals surface area (Å²) in [6.07, 6.45) is 2.29. The highest BCUT2D eigenvalue weighted by Crippen LogP contribution is 2.28. The van der Waals surface area contributed by atoms with Gasteiger partial charge in [-0.2, -0.15) is 0 Å². The van der Waals surface area contributed by atoms with Gasteiger partial charge in [0, 0.05) is 19.1 Å². The molecule has 0 aliphatic carbocycles. The van der Waals surface area contributed by atoms with Crippen molar-refractivity contribution in [2.24, 2.45) is 4.99 Å². The first-order valence-corrected chi connectivity index (χ1v) is 7.80. The first kappa shape index (κ1) is 20.7. The molecule has 8 heteroatoms. The van der Waals surface area contributed by atoms with E-state index in [0.29, 0.717) is 5.48 Å². The van der Waals surface area contributed by atoms with Crippen molar-refractivity contribution in [1.82, 2.24) is 4.90 Å². The van der Waals surface area contributed by atoms with Crippen LogP contribution in [0, 0.1) is 16.8 Å². The number of allylic oxidation sites excluding steroid dienone is 1. The topological polar surface area (TPSA) is 81.6 Å². The van der Waals surface area contributed by atoms with E-state index in [1.807, 2.05) is 0 Å². The van der Waals surface area contributed by atoms with Crippen LogP contribution in [-0.4, -0.2) is 36.2 Å². The Balaban J connectivity index is 3.45. The molecule has 0 atom stereocenters. The van der Waals surface area contributed by atoms with Gasteiger partial charge in [-0.15, -0.1) is 0 Å². The fraction of sp³-hybridized carbons (Fsp3) is 0.412. The standard InChI is InChI=1S/C17H23F2N3O3/c1-10(2)22(11(3)4)17(23)15-14(7-6-13(18)16(15)19)25-12(8-20-5)9-21-24/h6-11H,21H2,1-5H3. The zero-order valence-corrected chi connectivity index (χ0v) is 14.9. The lowest BCUT2D eigenvalue weighted by Gasteiger charge is -2.31. The second-order valence-electron chi connectivity index (χ2n) is 5.83. The summed E-state index contributed by atoms with van der Waals surface area (Å²) in [6, 6.07) is 1.54. The normalized spacial score (nSPS) is 12.3. The van der Waals surface area contributed by atoms with Crippen molar-refractivity contribution in [3.05, 3.63) is 46.5 Å². The Labute approximate surface area is 145 Å². The Hall–Kier alpha value is -2.32. The summed E-state index contributed by atoms with van der Waals surface area (Å²) in [6.45, 7) is 7.10. The van der Waals surface area contributed by atoms with E-state index < -0.39 is 23.1 Å². The first-order chi connectivity index (χ1) is 11.7. The third-order valence-electron chi connectivity index (χ3n) is 3.33. The highest BCUT2D eigenvalue weighted by Gasteiger charge is 2.29. The molecule has 1 rings (SSSR count). The number of hydroxylamine groups is 1. The third kappa shape index (κ3) is 5.07. The van der Waals surface area contributed by atoms with Gasteiger partial charge in [-0.25, -0.2) is 8.78 Å². The van der Waals surface area contributed by atoms with Crippen molar-refractivity contribution in [3.8, 4) is 5.75 Å². The van der Waals surface area contributed by atoms with Crippen LogP contribution in [0.4, 0.5) is 8.78 Å². The number of aliphatic imine (C=N–C) groups is 1. The smallest absolute Gasteiger partial charge is 0.261 e. The number of carbonyl (C=O) groups is 1. The molecule has 0 fully saturated rings. The molecule has 1 aromatic carbocycles. The zero-order valence-electron chi connectivity index (χ0n) is 14.9. The van der Waals surface area contributed by atoms with E-state index in [0.717, 1.165) is 18.3 Å². The Morgan fingerprint density at radius 3 is 2.36 bits per heavy atom. The number of rotatable bonds is 7. The average Bonchev–Trinajstić information content (AvgIpc) is 2.50. The Morgan fingerprint density at radius 2 is 1.88 bits per heavy atom. The number of benzene rings is 1. The van der Waals surface area contributed by atoms with E-state index in [1.165, 1.54) is 18.2 Å². The molecule has 0 heterocycles. The van der Waals surface area contributed by atoms with Crippen molar-refractivity contribution in [1.29, 1.82) is 0 Å². The molecule has 0 saturated heterocycles. The van der Waals surface area contributed by atoms with Gasteiger partial charge in [0.15, 0.2) is 17.4 Å². The summed E-state index contributed by atoms with van der Waals surface area (Å²) in [5, 5.41) is 10.7. The minimum atomic E-state index is -1.30. The van der Waals surface area contributed by atoms with Crippen molar-refractivity contribution in [2.45, 2.75) is 39.8 Å². The Kier molecular flexibility index (Phi) is 7.66. The maximum Gasteiger partial charge on any atom is 0.261 e. The second-order valence-corrected chi connectivity index (χ2v) is 5.83. The maximum atomic E-state index is 14.4. The van der Waals surface area contributed by atoms with Crippen LogP contribution >= 0.6 is 0 Å². The number of quaternary nitrogens is 1. The molecule has 138 valence electrons. The lowest BCUT2D eigenvalue weighted by Crippen LogP contribution is -2.70. The Morgan fingerprint density at radius 1 is 1.28 bits per heavy atom. The predicted octanol–water partition coefficient (Wildman–Crippen LogP) is 2.21. The van der Waals surface area contributed by atoms with Gasteiger partial charge in [-0.05, 0) is 39.8 Å². The molecule has 25 heavy (non-hydrogen) atoms. The number of amides is 1. The van der Waals surface area contributed by atoms with Crippen molar-refractivity contribution in [3.63, 3.8) is 0 Å². The molecular weight excluding hydrogens is 332 g/mol. The van der Waals surface area contributed by atoms with Crippen molar-refractivity contribution < 1.29 is 23.8 Å². The minimum Gasteiger partial charge on any atom is -0.631 e. The van der Waals surface area contributed by atoms with Gasteiger partial charge in [-0.3, -0.25) is 9.79 Å². The number of halogens is 2. The first-order valence-electron chi connectivity index (χ1n) is 7.80. The second kappa shape index (κ2) is 9.24. The number of nitrogens with zero attached hydrogens (tertiary/aromatic N) is 2. The number of hydrogen-bond acceptors (Lipinski definition) is 4. The van der Waals surface area contributed by atoms with E-state index >= 15 is 0 Å². The molecule has 0 spiro atoms. The van der Waals surface area contributed by atoms with Crippen LogP contribution in [-0.2, 0) is 0 Å². The SMILES string of the molecule is CN=CC(=C[NH2+][O-])Oc1ccc(F)c(F)c1C(=O)N(C(C)C)C(C)C. The summed E-state index contributed by atoms with van der Waals surface area (Å²) in [7, 11) is 1.46. The van der Waals surface area contributed by atoms with Gasteiger partial charge in [0.05, 0.1) is 6.21 Å². The largest absolute Gasteiger partial charge is 0.631 e. The van der Waals surface area contributed by atoms with Crippen LogP contribution in [0.25, 0.3) is 0 Å². The van der Waals surface area contributed by atoms with E-state index in [2.05, 4.69) is 4.99 Å². The summed E-state index contributed by atoms with van der Waals surface area (Å²) in [4.78, 5) is 18.0. The van der Waals surface area contributed by atoms with E-state index in [4.69, 9.17) is 4.74 Å². The number of nitrogens with two attached hydrogens (primary N) is 1. The van der Waals surface area contributed by atoms with Gasteiger partial charge in [0.25, 0.3) is 5.91 Å². The molecular formula is C17H23F2N3O3. The van der Waals surface area contributed by atoms with E-state index in [1.54, 1.807) is 27.7 Å². The number of hydrogen-bond donors (Lipinski definition) is 1. The molecule has 0 radical (unpaired) electrons. The summed E-state index contributed by atoms with van der Waals surface area (Å²) >= 11 is 0. The summed E-state index contributed by atoms with van der Waals surface area (Å²) < 4.78 is 33.5. The van der Waals surface area contributed by atoms with Gasteiger partial charge in [-0.1, -0.05) is 0 Å². The van der Waals surface area contributed by atoms with Crippen LogP contribution in [0.3, 0.4) is 0 Å². The van der Waals surface area contributed by atoms with Gasteiger partial charge in [0.2, 0.25) is 0 Å². The van der Waals surface area contributed by atoms with Crippen LogP contribution < -0.4 is 10.2 Å². The number of carbonyl (C=O) groups excluding carboxylic acids is 1. The minimum absolute atomic E-state index is 0.00166. The van der Waals surface area contributed by atoms with Crippen LogP contribution in [0.15, 0.2) is 29.1 Å². The average molecular weight is 355 g/mol. The third-order valence-corrected chi connectivity index (χ3v) is 3.33. The van der Waals surface area contributed by atoms with Gasteiger partial charge < -0.3 is 20.3 Å². The lowest BCUT2D eigenvalue weighted by molar-refractivity contribution is -0.516. The molecule has 0 aromatic heterocycles. The highest BCUT2D eigenvalue weighted by molar-refractivity contribution is 5.98. The number of ether oxygens (including phenoxy) is 1. The molecule has 0 unspecified atom stereocenters. The van der Waals surface area contributed by atoms with Crippen LogP contribution in [0.1, 0.15) is 38.1 Å². The molecule has 0 bridgehead atoms. The van der Waals surface area contributed by atoms with Crippen molar-refractivity contribution in [2.75, 3.05) is 7.05 Å². The highest BCUT2D eigenvalue weighted by atomic mass is 19.2. The zero-order chi connectivity index (χ0) is 19.1. The lowest BCUT2D eigenvalue weighted by atomic mass is 10.1. The molecule has 1 amide bonds. The molecule has 0 saturated carbocycles. The summed E-state index contributed by atoms with van der Waals surface area (Å²) in [5.74, 6) is -3.35. The molecule has 0 aliphatic heterocycles. The quantitative estimate of drug-likeness (QED) is 0.462. The molecule has 0 aliphatic rings.